The quantitative estimate of drug-likeness (QED) is 0.848. The van der Waals surface area contributed by atoms with Crippen molar-refractivity contribution in [1.82, 2.24) is 0 Å². The number of hydrogen-bond acceptors (Lipinski definition) is 3. The summed E-state index contributed by atoms with van der Waals surface area (Å²) in [6.07, 6.45) is 0. The fourth-order valence-corrected chi connectivity index (χ4v) is 2.84. The number of halogens is 2. The fraction of sp³-hybridized carbons (Fsp3) is 0.143. The molecule has 0 heterocycles. The summed E-state index contributed by atoms with van der Waals surface area (Å²) in [5.41, 5.74) is 1.84. The molecule has 0 aliphatic rings. The standard InChI is InChI=1S/C14H12Cl2O4S/c1-20-14-5-2-9(8-21(17,18)19)6-11(14)10-3-4-12(15)13(16)7-10/h2-7H,8H2,1H3,(H,17,18,19). The van der Waals surface area contributed by atoms with E-state index in [4.69, 9.17) is 32.5 Å². The molecule has 0 unspecified atom stereocenters. The van der Waals surface area contributed by atoms with Crippen LogP contribution in [0.25, 0.3) is 11.1 Å². The Bertz CT molecular complexity index is 773. The summed E-state index contributed by atoms with van der Waals surface area (Å²) >= 11 is 11.9. The predicted octanol–water partition coefficient (Wildman–Crippen LogP) is 4.06. The molecule has 1 N–H and O–H groups in total. The Balaban J connectivity index is 2.54. The van der Waals surface area contributed by atoms with E-state index in [1.165, 1.54) is 7.11 Å². The fourth-order valence-electron chi connectivity index (χ4n) is 1.94. The topological polar surface area (TPSA) is 63.6 Å². The van der Waals surface area contributed by atoms with Crippen LogP contribution in [0.3, 0.4) is 0 Å². The average molecular weight is 347 g/mol. The molecule has 2 aromatic carbocycles. The van der Waals surface area contributed by atoms with Crippen LogP contribution >= 0.6 is 23.2 Å². The summed E-state index contributed by atoms with van der Waals surface area (Å²) in [6, 6.07) is 9.91. The Labute approximate surface area is 133 Å². The lowest BCUT2D eigenvalue weighted by Crippen LogP contribution is -2.02. The highest BCUT2D eigenvalue weighted by molar-refractivity contribution is 7.85. The lowest BCUT2D eigenvalue weighted by atomic mass is 10.0. The molecule has 7 heteroatoms. The number of benzene rings is 2. The van der Waals surface area contributed by atoms with Crippen LogP contribution in [-0.4, -0.2) is 20.1 Å². The Morgan fingerprint density at radius 2 is 1.81 bits per heavy atom. The Kier molecular flexibility index (Phi) is 4.78. The first-order chi connectivity index (χ1) is 9.80. The van der Waals surface area contributed by atoms with E-state index in [0.717, 1.165) is 5.56 Å². The van der Waals surface area contributed by atoms with Gasteiger partial charge in [-0.1, -0.05) is 35.3 Å². The van der Waals surface area contributed by atoms with Crippen LogP contribution in [0.5, 0.6) is 5.75 Å². The van der Waals surface area contributed by atoms with E-state index < -0.39 is 15.9 Å². The zero-order valence-electron chi connectivity index (χ0n) is 11.0. The molecule has 112 valence electrons. The highest BCUT2D eigenvalue weighted by Gasteiger charge is 2.12. The van der Waals surface area contributed by atoms with Crippen molar-refractivity contribution in [3.05, 3.63) is 52.0 Å². The van der Waals surface area contributed by atoms with Crippen LogP contribution in [0.15, 0.2) is 36.4 Å². The third-order valence-corrected chi connectivity index (χ3v) is 4.28. The van der Waals surface area contributed by atoms with Crippen LogP contribution in [0, 0.1) is 0 Å². The van der Waals surface area contributed by atoms with Gasteiger partial charge in [-0.3, -0.25) is 4.55 Å². The van der Waals surface area contributed by atoms with Crippen molar-refractivity contribution in [3.8, 4) is 16.9 Å². The van der Waals surface area contributed by atoms with Gasteiger partial charge in [-0.25, -0.2) is 0 Å². The highest BCUT2D eigenvalue weighted by atomic mass is 35.5. The van der Waals surface area contributed by atoms with Crippen LogP contribution < -0.4 is 4.74 Å². The van der Waals surface area contributed by atoms with Crippen molar-refractivity contribution in [2.24, 2.45) is 0 Å². The van der Waals surface area contributed by atoms with Crippen LogP contribution in [0.2, 0.25) is 10.0 Å². The molecular formula is C14H12Cl2O4S. The molecule has 0 radical (unpaired) electrons. The van der Waals surface area contributed by atoms with Gasteiger partial charge in [0.1, 0.15) is 11.5 Å². The van der Waals surface area contributed by atoms with E-state index in [2.05, 4.69) is 0 Å². The second-order valence-corrected chi connectivity index (χ2v) is 6.66. The van der Waals surface area contributed by atoms with Gasteiger partial charge in [-0.15, -0.1) is 0 Å². The molecule has 4 nitrogen and oxygen atoms in total. The number of rotatable bonds is 4. The molecule has 0 bridgehead atoms. The molecule has 0 fully saturated rings. The zero-order valence-corrected chi connectivity index (χ0v) is 13.3. The van der Waals surface area contributed by atoms with Crippen LogP contribution in [0.4, 0.5) is 0 Å². The van der Waals surface area contributed by atoms with Crippen molar-refractivity contribution in [2.45, 2.75) is 5.75 Å². The molecule has 0 saturated heterocycles. The van der Waals surface area contributed by atoms with Gasteiger partial charge in [0.05, 0.1) is 17.2 Å². The largest absolute Gasteiger partial charge is 0.496 e. The molecule has 2 rings (SSSR count). The van der Waals surface area contributed by atoms with Gasteiger partial charge >= 0.3 is 0 Å². The number of hydrogen-bond donors (Lipinski definition) is 1. The summed E-state index contributed by atoms with van der Waals surface area (Å²) in [4.78, 5) is 0. The SMILES string of the molecule is COc1ccc(CS(=O)(=O)O)cc1-c1ccc(Cl)c(Cl)c1. The first-order valence-electron chi connectivity index (χ1n) is 5.87. The minimum atomic E-state index is -4.10. The molecule has 0 aromatic heterocycles. The smallest absolute Gasteiger partial charge is 0.269 e. The third-order valence-electron chi connectivity index (χ3n) is 2.84. The van der Waals surface area contributed by atoms with Crippen molar-refractivity contribution in [3.63, 3.8) is 0 Å². The van der Waals surface area contributed by atoms with Gasteiger partial charge in [0.2, 0.25) is 0 Å². The number of methoxy groups -OCH3 is 1. The maximum absolute atomic E-state index is 11.0. The van der Waals surface area contributed by atoms with Gasteiger partial charge in [0.15, 0.2) is 0 Å². The molecule has 0 saturated carbocycles. The van der Waals surface area contributed by atoms with E-state index in [1.54, 1.807) is 36.4 Å². The maximum atomic E-state index is 11.0. The molecule has 0 aliphatic heterocycles. The molecule has 0 aliphatic carbocycles. The average Bonchev–Trinajstić information content (AvgIpc) is 2.40. The maximum Gasteiger partial charge on any atom is 0.269 e. The highest BCUT2D eigenvalue weighted by Crippen LogP contribution is 2.34. The first kappa shape index (κ1) is 16.1. The molecule has 0 spiro atoms. The third kappa shape index (κ3) is 4.11. The van der Waals surface area contributed by atoms with Gasteiger partial charge in [0.25, 0.3) is 10.1 Å². The normalized spacial score (nSPS) is 11.4. The molecule has 0 atom stereocenters. The van der Waals surface area contributed by atoms with Crippen molar-refractivity contribution in [1.29, 1.82) is 0 Å². The summed E-state index contributed by atoms with van der Waals surface area (Å²) in [6.45, 7) is 0. The Morgan fingerprint density at radius 3 is 2.38 bits per heavy atom. The number of ether oxygens (including phenoxy) is 1. The lowest BCUT2D eigenvalue weighted by Gasteiger charge is -2.11. The summed E-state index contributed by atoms with van der Waals surface area (Å²) in [7, 11) is -2.59. The molecule has 2 aromatic rings. The van der Waals surface area contributed by atoms with E-state index in [9.17, 15) is 8.42 Å². The van der Waals surface area contributed by atoms with E-state index >= 15 is 0 Å². The Hall–Kier alpha value is -1.27. The zero-order chi connectivity index (χ0) is 15.6. The lowest BCUT2D eigenvalue weighted by molar-refractivity contribution is 0.416. The van der Waals surface area contributed by atoms with E-state index in [0.29, 0.717) is 26.9 Å². The summed E-state index contributed by atoms with van der Waals surface area (Å²) in [5, 5.41) is 0.810. The van der Waals surface area contributed by atoms with Gasteiger partial charge in [0, 0.05) is 5.56 Å². The van der Waals surface area contributed by atoms with Crippen molar-refractivity contribution in [2.75, 3.05) is 7.11 Å². The van der Waals surface area contributed by atoms with E-state index in [1.807, 2.05) is 0 Å². The Morgan fingerprint density at radius 1 is 1.10 bits per heavy atom. The monoisotopic (exact) mass is 346 g/mol. The summed E-state index contributed by atoms with van der Waals surface area (Å²) in [5.74, 6) is 0.0955. The molecular weight excluding hydrogens is 335 g/mol. The minimum Gasteiger partial charge on any atom is -0.496 e. The molecule has 21 heavy (non-hydrogen) atoms. The second kappa shape index (κ2) is 6.23. The summed E-state index contributed by atoms with van der Waals surface area (Å²) < 4.78 is 36.2. The molecule has 0 amide bonds. The van der Waals surface area contributed by atoms with Crippen molar-refractivity contribution < 1.29 is 17.7 Å². The minimum absolute atomic E-state index is 0.386. The van der Waals surface area contributed by atoms with Gasteiger partial charge in [-0.2, -0.15) is 8.42 Å². The van der Waals surface area contributed by atoms with E-state index in [-0.39, 0.29) is 0 Å². The van der Waals surface area contributed by atoms with Crippen LogP contribution in [0.1, 0.15) is 5.56 Å². The van der Waals surface area contributed by atoms with Crippen LogP contribution in [-0.2, 0) is 15.9 Å². The first-order valence-corrected chi connectivity index (χ1v) is 8.24. The second-order valence-electron chi connectivity index (χ2n) is 4.39. The van der Waals surface area contributed by atoms with Crippen molar-refractivity contribution >= 4 is 33.3 Å². The van der Waals surface area contributed by atoms with Gasteiger partial charge < -0.3 is 4.74 Å². The van der Waals surface area contributed by atoms with Gasteiger partial charge in [-0.05, 0) is 35.4 Å². The predicted molar refractivity (Wildman–Crippen MR) is 83.7 cm³/mol.